The number of hydrogen-bond acceptors (Lipinski definition) is 4. The van der Waals surface area contributed by atoms with Crippen molar-refractivity contribution in [2.45, 2.75) is 12.0 Å². The summed E-state index contributed by atoms with van der Waals surface area (Å²) in [6.07, 6.45) is 1.17. The Morgan fingerprint density at radius 1 is 1.06 bits per heavy atom. The molecule has 0 spiro atoms. The van der Waals surface area contributed by atoms with Gasteiger partial charge in [-0.25, -0.2) is 8.78 Å². The highest BCUT2D eigenvalue weighted by Gasteiger charge is 2.43. The minimum Gasteiger partial charge on any atom is -0.394 e. The second-order valence-corrected chi connectivity index (χ2v) is 7.38. The van der Waals surface area contributed by atoms with Gasteiger partial charge in [0.25, 0.3) is 5.91 Å². The van der Waals surface area contributed by atoms with E-state index in [2.05, 4.69) is 20.5 Å². The Morgan fingerprint density at radius 3 is 2.50 bits per heavy atom. The molecule has 10 heteroatoms. The van der Waals surface area contributed by atoms with Crippen LogP contribution in [-0.4, -0.2) is 38.8 Å². The van der Waals surface area contributed by atoms with E-state index in [-0.39, 0.29) is 16.8 Å². The van der Waals surface area contributed by atoms with Gasteiger partial charge in [0.2, 0.25) is 0 Å². The van der Waals surface area contributed by atoms with Gasteiger partial charge in [-0.15, -0.1) is 0 Å². The van der Waals surface area contributed by atoms with Crippen LogP contribution < -0.4 is 5.32 Å². The number of carbonyl (C=O) groups is 1. The topological polar surface area (TPSA) is 90.9 Å². The van der Waals surface area contributed by atoms with Crippen molar-refractivity contribution in [2.24, 2.45) is 0 Å². The first-order valence-electron chi connectivity index (χ1n) is 10.1. The van der Waals surface area contributed by atoms with Crippen molar-refractivity contribution in [1.29, 1.82) is 0 Å². The molecule has 0 unspecified atom stereocenters. The van der Waals surface area contributed by atoms with Gasteiger partial charge in [-0.1, -0.05) is 12.1 Å². The average molecular weight is 470 g/mol. The molecule has 0 saturated carbocycles. The highest BCUT2D eigenvalue weighted by atomic mass is 19.3. The molecule has 1 amide bonds. The number of aliphatic hydroxyl groups is 1. The summed E-state index contributed by atoms with van der Waals surface area (Å²) in [5.74, 6) is -5.95. The molecule has 2 heterocycles. The van der Waals surface area contributed by atoms with E-state index in [0.29, 0.717) is 11.3 Å². The molecule has 0 aliphatic rings. The summed E-state index contributed by atoms with van der Waals surface area (Å²) in [6.45, 7) is -1.08. The Hall–Kier alpha value is -4.05. The van der Waals surface area contributed by atoms with E-state index in [1.165, 1.54) is 60.8 Å². The first-order valence-corrected chi connectivity index (χ1v) is 10.1. The molecule has 34 heavy (non-hydrogen) atoms. The number of H-pyrrole nitrogens is 1. The number of aromatic amines is 1. The number of nitrogens with one attached hydrogen (secondary N) is 2. The minimum absolute atomic E-state index is 0.111. The first-order chi connectivity index (χ1) is 16.3. The van der Waals surface area contributed by atoms with Crippen LogP contribution >= 0.6 is 0 Å². The van der Waals surface area contributed by atoms with Gasteiger partial charge >= 0.3 is 5.92 Å². The molecule has 6 nitrogen and oxygen atoms in total. The van der Waals surface area contributed by atoms with Gasteiger partial charge in [-0.05, 0) is 54.6 Å². The SMILES string of the molecule is O=C(N[C@@H](CO)C(F)(F)c1ccccn1)c1cccc(F)c1-c1cc(-c2ccc(F)cc2)n[nH]1. The van der Waals surface area contributed by atoms with Gasteiger partial charge in [0.15, 0.2) is 0 Å². The van der Waals surface area contributed by atoms with Crippen LogP contribution in [0.1, 0.15) is 16.1 Å². The standard InChI is InChI=1S/C24H18F4N4O2/c25-15-9-7-14(8-10-15)18-12-19(32-31-18)22-16(4-3-5-17(22)26)23(34)30-21(13-33)24(27,28)20-6-1-2-11-29-20/h1-12,21,33H,13H2,(H,30,34)(H,31,32)/t21-/m0/s1. The lowest BCUT2D eigenvalue weighted by atomic mass is 10.0. The van der Waals surface area contributed by atoms with Crippen LogP contribution in [0.15, 0.2) is 72.9 Å². The van der Waals surface area contributed by atoms with E-state index in [9.17, 15) is 27.5 Å². The third-order valence-corrected chi connectivity index (χ3v) is 5.18. The molecule has 2 aromatic heterocycles. The molecule has 0 aliphatic heterocycles. The molecular formula is C24H18F4N4O2. The number of aromatic nitrogens is 3. The van der Waals surface area contributed by atoms with Crippen molar-refractivity contribution in [1.82, 2.24) is 20.5 Å². The Labute approximate surface area is 191 Å². The zero-order chi connectivity index (χ0) is 24.3. The molecule has 0 bridgehead atoms. The van der Waals surface area contributed by atoms with E-state index >= 15 is 0 Å². The van der Waals surface area contributed by atoms with E-state index in [1.54, 1.807) is 0 Å². The van der Waals surface area contributed by atoms with Gasteiger partial charge in [0.1, 0.15) is 23.4 Å². The largest absolute Gasteiger partial charge is 0.394 e. The van der Waals surface area contributed by atoms with Gasteiger partial charge in [0, 0.05) is 17.3 Å². The number of halogens is 4. The summed E-state index contributed by atoms with van der Waals surface area (Å²) < 4.78 is 57.7. The number of rotatable bonds is 7. The fourth-order valence-electron chi connectivity index (χ4n) is 3.43. The maximum absolute atomic E-state index is 14.9. The van der Waals surface area contributed by atoms with Crippen molar-refractivity contribution in [3.8, 4) is 22.5 Å². The minimum atomic E-state index is -3.69. The normalized spacial score (nSPS) is 12.4. The summed E-state index contributed by atoms with van der Waals surface area (Å²) >= 11 is 0. The molecule has 2 aromatic carbocycles. The fraction of sp³-hybridized carbons (Fsp3) is 0.125. The smallest absolute Gasteiger partial charge is 0.311 e. The number of aliphatic hydroxyl groups excluding tert-OH is 1. The van der Waals surface area contributed by atoms with Gasteiger partial charge in [-0.2, -0.15) is 13.9 Å². The zero-order valence-electron chi connectivity index (χ0n) is 17.5. The molecule has 0 saturated heterocycles. The number of pyridine rings is 1. The Morgan fingerprint density at radius 2 is 1.82 bits per heavy atom. The predicted octanol–water partition coefficient (Wildman–Crippen LogP) is 4.30. The number of nitrogens with zero attached hydrogens (tertiary/aromatic N) is 2. The predicted molar refractivity (Wildman–Crippen MR) is 116 cm³/mol. The molecule has 0 aliphatic carbocycles. The van der Waals surface area contributed by atoms with Crippen molar-refractivity contribution in [3.05, 3.63) is 95.8 Å². The molecule has 4 rings (SSSR count). The molecule has 0 fully saturated rings. The second kappa shape index (κ2) is 9.44. The van der Waals surface area contributed by atoms with E-state index < -0.39 is 41.8 Å². The average Bonchev–Trinajstić information content (AvgIpc) is 3.32. The number of amides is 1. The lowest BCUT2D eigenvalue weighted by molar-refractivity contribution is -0.0602. The van der Waals surface area contributed by atoms with Crippen molar-refractivity contribution in [2.75, 3.05) is 6.61 Å². The summed E-state index contributed by atoms with van der Waals surface area (Å²) in [4.78, 5) is 16.5. The first kappa shape index (κ1) is 23.1. The Kier molecular flexibility index (Phi) is 6.42. The number of hydrogen-bond donors (Lipinski definition) is 3. The third kappa shape index (κ3) is 4.53. The molecular weight excluding hydrogens is 452 g/mol. The fourth-order valence-corrected chi connectivity index (χ4v) is 3.43. The summed E-state index contributed by atoms with van der Waals surface area (Å²) in [6, 6.07) is 12.4. The lowest BCUT2D eigenvalue weighted by Gasteiger charge is -2.26. The van der Waals surface area contributed by atoms with Crippen LogP contribution in [0.4, 0.5) is 17.6 Å². The summed E-state index contributed by atoms with van der Waals surface area (Å²) in [7, 11) is 0. The highest BCUT2D eigenvalue weighted by Crippen LogP contribution is 2.32. The maximum atomic E-state index is 14.9. The van der Waals surface area contributed by atoms with Crippen molar-refractivity contribution >= 4 is 5.91 Å². The van der Waals surface area contributed by atoms with Crippen LogP contribution in [0.25, 0.3) is 22.5 Å². The second-order valence-electron chi connectivity index (χ2n) is 7.38. The number of alkyl halides is 2. The molecule has 4 aromatic rings. The Balaban J connectivity index is 1.65. The van der Waals surface area contributed by atoms with Crippen LogP contribution in [0, 0.1) is 11.6 Å². The third-order valence-electron chi connectivity index (χ3n) is 5.18. The zero-order valence-corrected chi connectivity index (χ0v) is 17.5. The van der Waals surface area contributed by atoms with E-state index in [1.807, 2.05) is 0 Å². The molecule has 0 radical (unpaired) electrons. The highest BCUT2D eigenvalue weighted by molar-refractivity contribution is 6.01. The lowest BCUT2D eigenvalue weighted by Crippen LogP contribution is -2.48. The van der Waals surface area contributed by atoms with Gasteiger partial charge < -0.3 is 10.4 Å². The summed E-state index contributed by atoms with van der Waals surface area (Å²) in [5.41, 5.74) is -0.0599. The monoisotopic (exact) mass is 470 g/mol. The Bertz CT molecular complexity index is 1290. The van der Waals surface area contributed by atoms with Crippen LogP contribution in [-0.2, 0) is 5.92 Å². The number of carbonyl (C=O) groups excluding carboxylic acids is 1. The number of benzene rings is 2. The van der Waals surface area contributed by atoms with Crippen molar-refractivity contribution in [3.63, 3.8) is 0 Å². The van der Waals surface area contributed by atoms with Crippen LogP contribution in [0.2, 0.25) is 0 Å². The maximum Gasteiger partial charge on any atom is 0.311 e. The van der Waals surface area contributed by atoms with Crippen LogP contribution in [0.5, 0.6) is 0 Å². The molecule has 174 valence electrons. The van der Waals surface area contributed by atoms with Gasteiger partial charge in [0.05, 0.1) is 23.6 Å². The quantitative estimate of drug-likeness (QED) is 0.352. The molecule has 3 N–H and O–H groups in total. The molecule has 1 atom stereocenters. The van der Waals surface area contributed by atoms with Gasteiger partial charge in [-0.3, -0.25) is 14.9 Å². The van der Waals surface area contributed by atoms with E-state index in [0.717, 1.165) is 12.1 Å². The van der Waals surface area contributed by atoms with Crippen LogP contribution in [0.3, 0.4) is 0 Å². The van der Waals surface area contributed by atoms with E-state index in [4.69, 9.17) is 0 Å². The van der Waals surface area contributed by atoms with Crippen molar-refractivity contribution < 1.29 is 27.5 Å². The summed E-state index contributed by atoms with van der Waals surface area (Å²) in [5, 5.41) is 18.4.